The number of thiol groups is 1. The second-order valence-corrected chi connectivity index (χ2v) is 8.49. The van der Waals surface area contributed by atoms with Gasteiger partial charge in [0.05, 0.1) is 0 Å². The molecule has 0 aliphatic rings. The predicted molar refractivity (Wildman–Crippen MR) is 108 cm³/mol. The van der Waals surface area contributed by atoms with Gasteiger partial charge in [0.15, 0.2) is 0 Å². The van der Waals surface area contributed by atoms with Gasteiger partial charge in [0, 0.05) is 33.6 Å². The van der Waals surface area contributed by atoms with E-state index >= 15 is 0 Å². The van der Waals surface area contributed by atoms with Crippen LogP contribution in [0.5, 0.6) is 0 Å². The van der Waals surface area contributed by atoms with Gasteiger partial charge in [-0.1, -0.05) is 30.3 Å². The standard InChI is InChI=1S/C16H6Br4S/c17-12-7-5-4-6-2-1-3-8-9(6)10(7)11(13(18)15(12)20)14(19)16(8)21/h1-5,21H. The number of rotatable bonds is 0. The Balaban J connectivity index is 2.53. The molecule has 0 spiro atoms. The fourth-order valence-electron chi connectivity index (χ4n) is 2.90. The Morgan fingerprint density at radius 2 is 1.38 bits per heavy atom. The van der Waals surface area contributed by atoms with Crippen molar-refractivity contribution >= 4 is 109 Å². The van der Waals surface area contributed by atoms with Gasteiger partial charge < -0.3 is 0 Å². The molecule has 4 aromatic rings. The lowest BCUT2D eigenvalue weighted by Gasteiger charge is -2.18. The lowest BCUT2D eigenvalue weighted by atomic mass is 9.94. The highest BCUT2D eigenvalue weighted by atomic mass is 79.9. The molecule has 0 saturated heterocycles. The first-order chi connectivity index (χ1) is 10.0. The molecule has 21 heavy (non-hydrogen) atoms. The van der Waals surface area contributed by atoms with Crippen molar-refractivity contribution in [3.8, 4) is 0 Å². The first-order valence-electron chi connectivity index (χ1n) is 6.13. The molecule has 0 heterocycles. The Kier molecular flexibility index (Phi) is 3.58. The minimum absolute atomic E-state index is 0.968. The fraction of sp³-hybridized carbons (Fsp3) is 0. The van der Waals surface area contributed by atoms with Crippen LogP contribution in [0.3, 0.4) is 0 Å². The van der Waals surface area contributed by atoms with E-state index in [1.165, 1.54) is 26.9 Å². The van der Waals surface area contributed by atoms with Crippen molar-refractivity contribution in [1.82, 2.24) is 0 Å². The first-order valence-corrected chi connectivity index (χ1v) is 9.75. The van der Waals surface area contributed by atoms with Crippen LogP contribution in [0, 0.1) is 0 Å². The van der Waals surface area contributed by atoms with Gasteiger partial charge in [-0.25, -0.2) is 0 Å². The van der Waals surface area contributed by atoms with Crippen LogP contribution >= 0.6 is 76.3 Å². The average Bonchev–Trinajstić information content (AvgIpc) is 2.50. The molecule has 0 bridgehead atoms. The van der Waals surface area contributed by atoms with Crippen molar-refractivity contribution in [3.05, 3.63) is 48.2 Å². The summed E-state index contributed by atoms with van der Waals surface area (Å²) in [7, 11) is 0. The van der Waals surface area contributed by atoms with E-state index in [9.17, 15) is 0 Å². The lowest BCUT2D eigenvalue weighted by Crippen LogP contribution is -1.90. The summed E-state index contributed by atoms with van der Waals surface area (Å²) in [6.45, 7) is 0. The zero-order valence-electron chi connectivity index (χ0n) is 10.3. The third kappa shape index (κ3) is 1.91. The van der Waals surface area contributed by atoms with Crippen molar-refractivity contribution in [2.24, 2.45) is 0 Å². The molecule has 0 fully saturated rings. The van der Waals surface area contributed by atoms with Crippen molar-refractivity contribution < 1.29 is 0 Å². The van der Waals surface area contributed by atoms with Crippen LogP contribution in [-0.2, 0) is 0 Å². The molecule has 4 rings (SSSR count). The van der Waals surface area contributed by atoms with Gasteiger partial charge in [-0.3, -0.25) is 0 Å². The lowest BCUT2D eigenvalue weighted by molar-refractivity contribution is 1.52. The van der Waals surface area contributed by atoms with E-state index in [4.69, 9.17) is 12.6 Å². The van der Waals surface area contributed by atoms with Crippen LogP contribution in [0.1, 0.15) is 0 Å². The van der Waals surface area contributed by atoms with Crippen molar-refractivity contribution in [3.63, 3.8) is 0 Å². The number of benzene rings is 4. The maximum atomic E-state index is 4.73. The maximum Gasteiger partial charge on any atom is 0.0472 e. The zero-order chi connectivity index (χ0) is 14.9. The van der Waals surface area contributed by atoms with E-state index in [0.29, 0.717) is 0 Å². The van der Waals surface area contributed by atoms with Gasteiger partial charge >= 0.3 is 0 Å². The Morgan fingerprint density at radius 3 is 2.14 bits per heavy atom. The van der Waals surface area contributed by atoms with Gasteiger partial charge in [-0.2, -0.15) is 0 Å². The Bertz CT molecular complexity index is 1040. The molecule has 0 N–H and O–H groups in total. The molecule has 104 valence electrons. The van der Waals surface area contributed by atoms with Crippen LogP contribution < -0.4 is 0 Å². The monoisotopic (exact) mass is 546 g/mol. The van der Waals surface area contributed by atoms with Gasteiger partial charge in [-0.15, -0.1) is 12.6 Å². The van der Waals surface area contributed by atoms with E-state index in [2.05, 4.69) is 94.1 Å². The summed E-state index contributed by atoms with van der Waals surface area (Å²) in [6.07, 6.45) is 0. The summed E-state index contributed by atoms with van der Waals surface area (Å²) < 4.78 is 4.12. The van der Waals surface area contributed by atoms with Crippen LogP contribution in [0.2, 0.25) is 0 Å². The van der Waals surface area contributed by atoms with Crippen molar-refractivity contribution in [1.29, 1.82) is 0 Å². The second-order valence-electron chi connectivity index (χ2n) is 4.87. The molecule has 4 aromatic carbocycles. The molecule has 0 amide bonds. The highest BCUT2D eigenvalue weighted by Gasteiger charge is 2.20. The molecular formula is C16H6Br4S. The average molecular weight is 550 g/mol. The predicted octanol–water partition coefficient (Wildman–Crippen LogP) is 7.92. The first kappa shape index (κ1) is 14.8. The topological polar surface area (TPSA) is 0 Å². The maximum absolute atomic E-state index is 4.73. The highest BCUT2D eigenvalue weighted by molar-refractivity contribution is 9.14. The number of hydrogen-bond donors (Lipinski definition) is 1. The summed E-state index contributed by atoms with van der Waals surface area (Å²) in [4.78, 5) is 0.968. The van der Waals surface area contributed by atoms with Gasteiger partial charge in [0.25, 0.3) is 0 Å². The van der Waals surface area contributed by atoms with E-state index in [1.807, 2.05) is 0 Å². The zero-order valence-corrected chi connectivity index (χ0v) is 17.6. The summed E-state index contributed by atoms with van der Waals surface area (Å²) in [5.41, 5.74) is 0. The van der Waals surface area contributed by atoms with E-state index < -0.39 is 0 Å². The van der Waals surface area contributed by atoms with Crippen LogP contribution in [0.4, 0.5) is 0 Å². The largest absolute Gasteiger partial charge is 0.142 e. The van der Waals surface area contributed by atoms with Crippen LogP contribution in [0.15, 0.2) is 53.1 Å². The Hall–Kier alpha value is 0.190. The summed E-state index contributed by atoms with van der Waals surface area (Å²) >= 11 is 19.6. The molecule has 0 unspecified atom stereocenters. The minimum atomic E-state index is 0.968. The highest BCUT2D eigenvalue weighted by Crippen LogP contribution is 2.50. The molecule has 0 saturated carbocycles. The molecule has 0 atom stereocenters. The van der Waals surface area contributed by atoms with Crippen LogP contribution in [0.25, 0.3) is 32.3 Å². The van der Waals surface area contributed by atoms with E-state index in [-0.39, 0.29) is 0 Å². The Labute approximate surface area is 160 Å². The number of halogens is 4. The molecule has 0 aromatic heterocycles. The van der Waals surface area contributed by atoms with Crippen LogP contribution in [-0.4, -0.2) is 0 Å². The van der Waals surface area contributed by atoms with Crippen molar-refractivity contribution in [2.75, 3.05) is 0 Å². The summed E-state index contributed by atoms with van der Waals surface area (Å²) in [5, 5.41) is 7.24. The minimum Gasteiger partial charge on any atom is -0.142 e. The summed E-state index contributed by atoms with van der Waals surface area (Å²) in [5.74, 6) is 0. The third-order valence-electron chi connectivity index (χ3n) is 3.82. The molecule has 0 nitrogen and oxygen atoms in total. The van der Waals surface area contributed by atoms with E-state index in [0.717, 1.165) is 28.2 Å². The normalized spacial score (nSPS) is 12.0. The SMILES string of the molecule is Sc1c(Br)c2c(Br)c(Br)c(Br)c3ccc4cccc1c4c32. The molecule has 0 aliphatic heterocycles. The fourth-order valence-corrected chi connectivity index (χ4v) is 5.87. The van der Waals surface area contributed by atoms with Gasteiger partial charge in [0.1, 0.15) is 0 Å². The molecule has 0 aliphatic carbocycles. The smallest absolute Gasteiger partial charge is 0.0472 e. The number of hydrogen-bond acceptors (Lipinski definition) is 1. The summed E-state index contributed by atoms with van der Waals surface area (Å²) in [6, 6.07) is 10.7. The molecule has 5 heteroatoms. The molecular weight excluding hydrogens is 544 g/mol. The van der Waals surface area contributed by atoms with Gasteiger partial charge in [0.2, 0.25) is 0 Å². The van der Waals surface area contributed by atoms with Crippen molar-refractivity contribution in [2.45, 2.75) is 4.90 Å². The third-order valence-corrected chi connectivity index (χ3v) is 8.86. The second kappa shape index (κ2) is 5.10. The molecule has 0 radical (unpaired) electrons. The van der Waals surface area contributed by atoms with E-state index in [1.54, 1.807) is 0 Å². The quantitative estimate of drug-likeness (QED) is 0.129. The van der Waals surface area contributed by atoms with Gasteiger partial charge in [-0.05, 0) is 85.3 Å². The Morgan fingerprint density at radius 1 is 0.619 bits per heavy atom.